The molecular weight excluding hydrogens is 521 g/mol. The van der Waals surface area contributed by atoms with Gasteiger partial charge < -0.3 is 29.7 Å². The van der Waals surface area contributed by atoms with E-state index in [0.717, 1.165) is 9.37 Å². The molecule has 0 radical (unpaired) electrons. The molecule has 2 amide bonds. The number of methoxy groups -OCH3 is 1. The van der Waals surface area contributed by atoms with E-state index < -0.39 is 54.5 Å². The summed E-state index contributed by atoms with van der Waals surface area (Å²) >= 11 is 3.39. The van der Waals surface area contributed by atoms with Gasteiger partial charge in [0.05, 0.1) is 30.2 Å². The molecule has 2 saturated heterocycles. The van der Waals surface area contributed by atoms with E-state index in [1.54, 1.807) is 24.3 Å². The number of aromatic hydroxyl groups is 1. The number of amides is 2. The van der Waals surface area contributed by atoms with Crippen molar-refractivity contribution in [1.29, 1.82) is 0 Å². The summed E-state index contributed by atoms with van der Waals surface area (Å²) in [7, 11) is -0.250. The molecule has 3 aliphatic rings. The van der Waals surface area contributed by atoms with Crippen molar-refractivity contribution in [2.24, 2.45) is 23.7 Å². The number of phenolic OH excluding ortho intramolecular Hbond substituents is 1. The van der Waals surface area contributed by atoms with Crippen molar-refractivity contribution in [3.05, 3.63) is 52.5 Å². The molecule has 0 aromatic heterocycles. The summed E-state index contributed by atoms with van der Waals surface area (Å²) in [6.07, 6.45) is -0.276. The molecular formula is C24H25BBrNO8. The second-order valence-corrected chi connectivity index (χ2v) is 10.3. The van der Waals surface area contributed by atoms with Gasteiger partial charge in [0.15, 0.2) is 5.79 Å². The third kappa shape index (κ3) is 3.90. The predicted octanol–water partition coefficient (Wildman–Crippen LogP) is 1.07. The number of nitrogens with zero attached hydrogens (tertiary/aromatic N) is 1. The largest absolute Gasteiger partial charge is 0.508 e. The van der Waals surface area contributed by atoms with Crippen LogP contribution >= 0.6 is 15.9 Å². The minimum absolute atomic E-state index is 0.00937. The van der Waals surface area contributed by atoms with Gasteiger partial charge in [0, 0.05) is 29.0 Å². The second-order valence-electron chi connectivity index (χ2n) is 9.40. The molecule has 2 aliphatic heterocycles. The maximum atomic E-state index is 13.7. The molecule has 4 N–H and O–H groups in total. The lowest BCUT2D eigenvalue weighted by Gasteiger charge is -2.44. The lowest BCUT2D eigenvalue weighted by atomic mass is 9.64. The highest BCUT2D eigenvalue weighted by molar-refractivity contribution is 9.10. The Bertz CT molecular complexity index is 1180. The number of benzene rings is 2. The summed E-state index contributed by atoms with van der Waals surface area (Å²) in [6.45, 7) is 0.126. The van der Waals surface area contributed by atoms with Crippen LogP contribution in [0, 0.1) is 23.7 Å². The normalized spacial score (nSPS) is 32.0. The summed E-state index contributed by atoms with van der Waals surface area (Å²) in [5.41, 5.74) is 0.876. The number of fused-ring (bicyclic) bond motifs is 3. The molecule has 35 heavy (non-hydrogen) atoms. The van der Waals surface area contributed by atoms with Gasteiger partial charge in [-0.15, -0.1) is 0 Å². The number of carbonyl (C=O) groups excluding carboxylic acids is 2. The van der Waals surface area contributed by atoms with Gasteiger partial charge in [0.1, 0.15) is 5.75 Å². The zero-order valence-electron chi connectivity index (χ0n) is 18.9. The Morgan fingerprint density at radius 3 is 2.66 bits per heavy atom. The third-order valence-corrected chi connectivity index (χ3v) is 7.99. The van der Waals surface area contributed by atoms with Crippen molar-refractivity contribution in [3.63, 3.8) is 0 Å². The van der Waals surface area contributed by atoms with Crippen LogP contribution in [-0.2, 0) is 19.1 Å². The second kappa shape index (κ2) is 8.99. The molecule has 2 heterocycles. The van der Waals surface area contributed by atoms with Crippen LogP contribution in [-0.4, -0.2) is 58.7 Å². The van der Waals surface area contributed by atoms with Gasteiger partial charge >= 0.3 is 7.12 Å². The first-order valence-corrected chi connectivity index (χ1v) is 12.2. The summed E-state index contributed by atoms with van der Waals surface area (Å²) in [6, 6.07) is 10.9. The van der Waals surface area contributed by atoms with Crippen LogP contribution in [0.15, 0.2) is 46.9 Å². The van der Waals surface area contributed by atoms with Gasteiger partial charge in [-0.1, -0.05) is 28.1 Å². The number of hydrogen-bond acceptors (Lipinski definition) is 8. The maximum Gasteiger partial charge on any atom is 0.488 e. The summed E-state index contributed by atoms with van der Waals surface area (Å²) in [4.78, 5) is 28.2. The molecule has 2 aromatic rings. The minimum Gasteiger partial charge on any atom is -0.508 e. The number of anilines is 1. The van der Waals surface area contributed by atoms with E-state index in [4.69, 9.17) is 9.47 Å². The number of ether oxygens (including phenoxy) is 2. The Kier molecular flexibility index (Phi) is 6.27. The molecule has 0 spiro atoms. The van der Waals surface area contributed by atoms with E-state index in [2.05, 4.69) is 15.9 Å². The fourth-order valence-electron chi connectivity index (χ4n) is 5.93. The topological polar surface area (TPSA) is 137 Å². The van der Waals surface area contributed by atoms with Crippen molar-refractivity contribution in [3.8, 4) is 5.75 Å². The average Bonchev–Trinajstić information content (AvgIpc) is 3.30. The van der Waals surface area contributed by atoms with Crippen LogP contribution in [0.1, 0.15) is 24.5 Å². The zero-order chi connectivity index (χ0) is 25.1. The first-order chi connectivity index (χ1) is 16.7. The number of halogens is 1. The molecule has 1 aliphatic carbocycles. The Labute approximate surface area is 210 Å². The van der Waals surface area contributed by atoms with Crippen LogP contribution in [0.4, 0.5) is 5.69 Å². The van der Waals surface area contributed by atoms with Crippen LogP contribution in [0.5, 0.6) is 5.75 Å². The predicted molar refractivity (Wildman–Crippen MR) is 128 cm³/mol. The Morgan fingerprint density at radius 1 is 1.17 bits per heavy atom. The molecule has 1 saturated carbocycles. The Balaban J connectivity index is 1.54. The van der Waals surface area contributed by atoms with Crippen LogP contribution in [0.3, 0.4) is 0 Å². The van der Waals surface area contributed by atoms with Gasteiger partial charge in [0.25, 0.3) is 0 Å². The number of carbonyl (C=O) groups is 2. The molecule has 0 bridgehead atoms. The molecule has 0 unspecified atom stereocenters. The molecule has 3 fully saturated rings. The van der Waals surface area contributed by atoms with Crippen LogP contribution in [0.25, 0.3) is 0 Å². The molecule has 6 atom stereocenters. The van der Waals surface area contributed by atoms with E-state index >= 15 is 0 Å². The number of rotatable bonds is 5. The third-order valence-electron chi connectivity index (χ3n) is 7.49. The zero-order valence-corrected chi connectivity index (χ0v) is 20.5. The van der Waals surface area contributed by atoms with Gasteiger partial charge in [-0.25, -0.2) is 0 Å². The molecule has 2 aromatic carbocycles. The average molecular weight is 546 g/mol. The smallest absolute Gasteiger partial charge is 0.488 e. The highest BCUT2D eigenvalue weighted by Crippen LogP contribution is 2.59. The molecule has 9 nitrogen and oxygen atoms in total. The lowest BCUT2D eigenvalue weighted by molar-refractivity contribution is -0.275. The number of phenols is 1. The van der Waals surface area contributed by atoms with Crippen LogP contribution in [0.2, 0.25) is 0 Å². The van der Waals surface area contributed by atoms with E-state index in [1.807, 2.05) is 0 Å². The molecule has 11 heteroatoms. The first kappa shape index (κ1) is 24.4. The van der Waals surface area contributed by atoms with E-state index in [9.17, 15) is 29.9 Å². The Morgan fingerprint density at radius 2 is 1.94 bits per heavy atom. The SMILES string of the molecule is COC[C@H]1C[C@@H]2C(=O)N(c3cccc(B(O)O)c3)C(=O)[C@@H]2[C@@H]2C[C@@H](c3cc(Br)ccc3O)O[C@]12O. The number of imide groups is 1. The summed E-state index contributed by atoms with van der Waals surface area (Å²) < 4.78 is 12.2. The maximum absolute atomic E-state index is 13.7. The standard InChI is InChI=1S/C24H25BBrNO8/c1-34-11-12-7-17-21(23(30)27(22(17)29)15-4-2-3-13(8-15)25(32)33)18-10-20(35-24(12,18)31)16-9-14(26)5-6-19(16)28/h2-6,8-9,12,17-18,20-21,28,31-33H,7,10-11H2,1H3/t12-,17+,18+,20+,21+,24-/m1/s1. The molecule has 184 valence electrons. The van der Waals surface area contributed by atoms with E-state index in [0.29, 0.717) is 5.56 Å². The highest BCUT2D eigenvalue weighted by Gasteiger charge is 2.67. The van der Waals surface area contributed by atoms with Crippen molar-refractivity contribution >= 4 is 46.0 Å². The summed E-state index contributed by atoms with van der Waals surface area (Å²) in [5, 5.41) is 41.3. The van der Waals surface area contributed by atoms with Gasteiger partial charge in [0.2, 0.25) is 11.8 Å². The Hall–Kier alpha value is -2.28. The van der Waals surface area contributed by atoms with Gasteiger partial charge in [-0.3, -0.25) is 14.5 Å². The fraction of sp³-hybridized carbons (Fsp3) is 0.417. The van der Waals surface area contributed by atoms with Crippen molar-refractivity contribution in [2.75, 3.05) is 18.6 Å². The summed E-state index contributed by atoms with van der Waals surface area (Å²) in [5.74, 6) is -5.39. The van der Waals surface area contributed by atoms with E-state index in [1.165, 1.54) is 25.3 Å². The van der Waals surface area contributed by atoms with Crippen LogP contribution < -0.4 is 10.4 Å². The highest BCUT2D eigenvalue weighted by atomic mass is 79.9. The number of aliphatic hydroxyl groups is 1. The monoisotopic (exact) mass is 545 g/mol. The van der Waals surface area contributed by atoms with Gasteiger partial charge in [-0.05, 0) is 48.6 Å². The number of hydrogen-bond donors (Lipinski definition) is 4. The quantitative estimate of drug-likeness (QED) is 0.323. The van der Waals surface area contributed by atoms with Crippen molar-refractivity contribution < 1.29 is 39.3 Å². The molecule has 5 rings (SSSR count). The minimum atomic E-state index is -1.75. The lowest BCUT2D eigenvalue weighted by Crippen LogP contribution is -2.54. The van der Waals surface area contributed by atoms with Crippen molar-refractivity contribution in [2.45, 2.75) is 24.7 Å². The van der Waals surface area contributed by atoms with Crippen molar-refractivity contribution in [1.82, 2.24) is 0 Å². The van der Waals surface area contributed by atoms with Gasteiger partial charge in [-0.2, -0.15) is 0 Å². The first-order valence-electron chi connectivity index (χ1n) is 11.4. The fourth-order valence-corrected chi connectivity index (χ4v) is 6.31. The van der Waals surface area contributed by atoms with E-state index in [-0.39, 0.29) is 36.3 Å².